The molecule has 3 aliphatic rings. The molecule has 3 saturated heterocycles. The molecule has 3 rings (SSSR count). The standard InChI is InChI=1S/C18H32O16/c19-1-4-7(22)10(25)11(26)17(31-4)34-15-9(24)6(3-21)32-18(13(15)28)33-14-8(23)5(2-20)30-16(29)12(14)27/h4-29H,1-3H2/t4-,5-,6-,7-,8-,9-,10+,11-,12-,13-,14+,15+,16+,17+,18+/m1/s1. The van der Waals surface area contributed by atoms with Crippen LogP contribution in [-0.4, -0.2) is 168 Å². The van der Waals surface area contributed by atoms with Crippen LogP contribution in [0.1, 0.15) is 0 Å². The van der Waals surface area contributed by atoms with E-state index in [0.29, 0.717) is 0 Å². The maximum Gasteiger partial charge on any atom is 0.187 e. The molecule has 0 amide bonds. The molecule has 0 unspecified atom stereocenters. The van der Waals surface area contributed by atoms with Crippen LogP contribution in [0.15, 0.2) is 0 Å². The summed E-state index contributed by atoms with van der Waals surface area (Å²) in [5.74, 6) is 0. The summed E-state index contributed by atoms with van der Waals surface area (Å²) in [6.45, 7) is -2.33. The minimum Gasteiger partial charge on any atom is -0.394 e. The zero-order valence-corrected chi connectivity index (χ0v) is 17.7. The lowest BCUT2D eigenvalue weighted by molar-refractivity contribution is -0.379. The van der Waals surface area contributed by atoms with Crippen molar-refractivity contribution in [3.63, 3.8) is 0 Å². The Labute approximate surface area is 192 Å². The zero-order valence-electron chi connectivity index (χ0n) is 17.7. The van der Waals surface area contributed by atoms with Crippen LogP contribution in [0.4, 0.5) is 0 Å². The van der Waals surface area contributed by atoms with E-state index in [1.807, 2.05) is 0 Å². The molecule has 16 heteroatoms. The Bertz CT molecular complexity index is 639. The van der Waals surface area contributed by atoms with Gasteiger partial charge in [0.15, 0.2) is 18.9 Å². The zero-order chi connectivity index (χ0) is 25.3. The number of aliphatic hydroxyl groups is 11. The van der Waals surface area contributed by atoms with Crippen LogP contribution >= 0.6 is 0 Å². The fourth-order valence-corrected chi connectivity index (χ4v) is 4.04. The summed E-state index contributed by atoms with van der Waals surface area (Å²) in [4.78, 5) is 0. The quantitative estimate of drug-likeness (QED) is 0.154. The minimum atomic E-state index is -1.92. The van der Waals surface area contributed by atoms with Gasteiger partial charge >= 0.3 is 0 Å². The number of hydrogen-bond acceptors (Lipinski definition) is 16. The normalized spacial score (nSPS) is 52.5. The van der Waals surface area contributed by atoms with Crippen molar-refractivity contribution >= 4 is 0 Å². The highest BCUT2D eigenvalue weighted by Gasteiger charge is 2.53. The van der Waals surface area contributed by atoms with Gasteiger partial charge in [-0.2, -0.15) is 0 Å². The molecule has 0 spiro atoms. The largest absolute Gasteiger partial charge is 0.394 e. The van der Waals surface area contributed by atoms with E-state index >= 15 is 0 Å². The molecule has 11 N–H and O–H groups in total. The SMILES string of the molecule is OC[C@H]1O[C@@H](O[C@@H]2[C@@H](O)[C@H](O[C@@H]3[C@@H](O)[C@@H](O)O[C@H](CO)[C@H]3O)O[C@H](CO)[C@H]2O)[C@H](O)[C@@H](O)[C@@H]1O. The van der Waals surface area contributed by atoms with Crippen molar-refractivity contribution in [3.8, 4) is 0 Å². The Morgan fingerprint density at radius 1 is 0.441 bits per heavy atom. The predicted octanol–water partition coefficient (Wildman–Crippen LogP) is -7.57. The van der Waals surface area contributed by atoms with E-state index in [4.69, 9.17) is 23.7 Å². The van der Waals surface area contributed by atoms with E-state index in [1.54, 1.807) is 0 Å². The van der Waals surface area contributed by atoms with Crippen LogP contribution in [-0.2, 0) is 23.7 Å². The summed E-state index contributed by atoms with van der Waals surface area (Å²) in [5, 5.41) is 110. The Morgan fingerprint density at radius 2 is 0.853 bits per heavy atom. The maximum absolute atomic E-state index is 10.7. The highest BCUT2D eigenvalue weighted by Crippen LogP contribution is 2.32. The summed E-state index contributed by atoms with van der Waals surface area (Å²) < 4.78 is 26.2. The Hall–Kier alpha value is -0.640. The molecule has 0 aromatic rings. The maximum atomic E-state index is 10.7. The van der Waals surface area contributed by atoms with Gasteiger partial charge in [0.1, 0.15) is 73.2 Å². The van der Waals surface area contributed by atoms with Gasteiger partial charge in [0.25, 0.3) is 0 Å². The first kappa shape index (κ1) is 27.9. The molecular formula is C18H32O16. The second-order valence-corrected chi connectivity index (χ2v) is 8.33. The van der Waals surface area contributed by atoms with Crippen molar-refractivity contribution < 1.29 is 79.9 Å². The number of hydrogen-bond donors (Lipinski definition) is 11. The average molecular weight is 504 g/mol. The number of ether oxygens (including phenoxy) is 5. The average Bonchev–Trinajstić information content (AvgIpc) is 2.82. The molecule has 3 aliphatic heterocycles. The second kappa shape index (κ2) is 11.6. The van der Waals surface area contributed by atoms with E-state index in [9.17, 15) is 56.2 Å². The summed E-state index contributed by atoms with van der Waals surface area (Å²) in [7, 11) is 0. The molecule has 0 saturated carbocycles. The van der Waals surface area contributed by atoms with Crippen LogP contribution in [0.5, 0.6) is 0 Å². The molecule has 3 fully saturated rings. The van der Waals surface area contributed by atoms with Gasteiger partial charge < -0.3 is 79.9 Å². The molecule has 200 valence electrons. The van der Waals surface area contributed by atoms with Crippen molar-refractivity contribution in [1.82, 2.24) is 0 Å². The summed E-state index contributed by atoms with van der Waals surface area (Å²) in [5.41, 5.74) is 0. The van der Waals surface area contributed by atoms with Crippen molar-refractivity contribution in [2.24, 2.45) is 0 Å². The van der Waals surface area contributed by atoms with Gasteiger partial charge in [0, 0.05) is 0 Å². The summed E-state index contributed by atoms with van der Waals surface area (Å²) >= 11 is 0. The molecular weight excluding hydrogens is 472 g/mol. The van der Waals surface area contributed by atoms with Crippen LogP contribution < -0.4 is 0 Å². The van der Waals surface area contributed by atoms with Crippen LogP contribution in [0.3, 0.4) is 0 Å². The van der Waals surface area contributed by atoms with Gasteiger partial charge in [0.2, 0.25) is 0 Å². The van der Waals surface area contributed by atoms with Crippen molar-refractivity contribution in [3.05, 3.63) is 0 Å². The van der Waals surface area contributed by atoms with Crippen LogP contribution in [0.2, 0.25) is 0 Å². The third-order valence-corrected chi connectivity index (χ3v) is 6.09. The highest BCUT2D eigenvalue weighted by atomic mass is 16.7. The van der Waals surface area contributed by atoms with Crippen molar-refractivity contribution in [2.45, 2.75) is 92.1 Å². The van der Waals surface area contributed by atoms with Gasteiger partial charge in [-0.25, -0.2) is 0 Å². The Morgan fingerprint density at radius 3 is 1.35 bits per heavy atom. The first-order chi connectivity index (χ1) is 16.0. The van der Waals surface area contributed by atoms with Gasteiger partial charge in [0.05, 0.1) is 19.8 Å². The van der Waals surface area contributed by atoms with Crippen LogP contribution in [0.25, 0.3) is 0 Å². The topological polar surface area (TPSA) is 269 Å². The number of rotatable bonds is 7. The van der Waals surface area contributed by atoms with E-state index < -0.39 is 112 Å². The predicted molar refractivity (Wildman–Crippen MR) is 101 cm³/mol. The fourth-order valence-electron chi connectivity index (χ4n) is 4.04. The van der Waals surface area contributed by atoms with Gasteiger partial charge in [-0.1, -0.05) is 0 Å². The van der Waals surface area contributed by atoms with Crippen molar-refractivity contribution in [2.75, 3.05) is 19.8 Å². The molecule has 0 bridgehead atoms. The Kier molecular flexibility index (Phi) is 9.54. The van der Waals surface area contributed by atoms with E-state index in [-0.39, 0.29) is 0 Å². The van der Waals surface area contributed by atoms with E-state index in [2.05, 4.69) is 0 Å². The molecule has 16 nitrogen and oxygen atoms in total. The highest BCUT2D eigenvalue weighted by molar-refractivity contribution is 4.96. The van der Waals surface area contributed by atoms with Gasteiger partial charge in [-0.15, -0.1) is 0 Å². The molecule has 0 aromatic carbocycles. The lowest BCUT2D eigenvalue weighted by atomic mass is 9.96. The lowest BCUT2D eigenvalue weighted by Crippen LogP contribution is -2.66. The molecule has 0 radical (unpaired) electrons. The number of aliphatic hydroxyl groups excluding tert-OH is 11. The van der Waals surface area contributed by atoms with Crippen LogP contribution in [0, 0.1) is 0 Å². The first-order valence-corrected chi connectivity index (χ1v) is 10.6. The van der Waals surface area contributed by atoms with Gasteiger partial charge in [-0.3, -0.25) is 0 Å². The third-order valence-electron chi connectivity index (χ3n) is 6.09. The second-order valence-electron chi connectivity index (χ2n) is 8.33. The molecule has 0 aliphatic carbocycles. The Balaban J connectivity index is 1.78. The molecule has 3 heterocycles. The monoisotopic (exact) mass is 504 g/mol. The smallest absolute Gasteiger partial charge is 0.187 e. The fraction of sp³-hybridized carbons (Fsp3) is 1.00. The first-order valence-electron chi connectivity index (χ1n) is 10.6. The van der Waals surface area contributed by atoms with E-state index in [1.165, 1.54) is 0 Å². The molecule has 15 atom stereocenters. The summed E-state index contributed by atoms with van der Waals surface area (Å²) in [6.07, 6.45) is -25.5. The minimum absolute atomic E-state index is 0.750. The summed E-state index contributed by atoms with van der Waals surface area (Å²) in [6, 6.07) is 0. The van der Waals surface area contributed by atoms with E-state index in [0.717, 1.165) is 0 Å². The third kappa shape index (κ3) is 5.37. The van der Waals surface area contributed by atoms with Gasteiger partial charge in [-0.05, 0) is 0 Å². The van der Waals surface area contributed by atoms with Crippen molar-refractivity contribution in [1.29, 1.82) is 0 Å². The molecule has 0 aromatic heterocycles. The molecule has 34 heavy (non-hydrogen) atoms. The lowest BCUT2D eigenvalue weighted by Gasteiger charge is -2.47.